The lowest BCUT2D eigenvalue weighted by Crippen LogP contribution is -2.36. The molecule has 0 bridgehead atoms. The average molecular weight is 520 g/mol. The van der Waals surface area contributed by atoms with E-state index in [1.54, 1.807) is 0 Å². The van der Waals surface area contributed by atoms with Crippen molar-refractivity contribution in [2.45, 2.75) is 32.2 Å². The standard InChI is InChI=1S/C26H28FN5.C2H2O4/c27-22-8-6-21(7-9-22)19-32-25(30-24-5-3-14-29-26(24)32)18-20-10-15-31(16-11-20)17-12-23-4-1-2-13-28-23;3-1(4)2(5)6/h1-9,13-14,20H,10-12,15-19H2;(H,3,4)(H,5,6). The van der Waals surface area contributed by atoms with Crippen LogP contribution in [0.5, 0.6) is 0 Å². The molecule has 0 saturated carbocycles. The molecule has 9 nitrogen and oxygen atoms in total. The number of imidazole rings is 1. The third-order valence-electron chi connectivity index (χ3n) is 6.61. The van der Waals surface area contributed by atoms with Gasteiger partial charge in [0.05, 0.1) is 6.54 Å². The van der Waals surface area contributed by atoms with Crippen LogP contribution < -0.4 is 0 Å². The van der Waals surface area contributed by atoms with Crippen LogP contribution in [-0.2, 0) is 29.0 Å². The van der Waals surface area contributed by atoms with E-state index in [1.807, 2.05) is 42.7 Å². The van der Waals surface area contributed by atoms with Gasteiger partial charge in [0.1, 0.15) is 17.2 Å². The van der Waals surface area contributed by atoms with Crippen LogP contribution in [0, 0.1) is 11.7 Å². The lowest BCUT2D eigenvalue weighted by molar-refractivity contribution is -0.159. The predicted octanol–water partition coefficient (Wildman–Crippen LogP) is 3.67. The highest BCUT2D eigenvalue weighted by Crippen LogP contribution is 2.24. The van der Waals surface area contributed by atoms with Gasteiger partial charge in [-0.1, -0.05) is 18.2 Å². The van der Waals surface area contributed by atoms with E-state index in [0.29, 0.717) is 12.5 Å². The molecule has 1 aromatic carbocycles. The number of carboxylic acid groups (broad SMARTS) is 2. The second-order valence-corrected chi connectivity index (χ2v) is 9.26. The molecular weight excluding hydrogens is 489 g/mol. The number of hydrogen-bond acceptors (Lipinski definition) is 6. The molecule has 0 amide bonds. The Bertz CT molecular complexity index is 1340. The lowest BCUT2D eigenvalue weighted by Gasteiger charge is -2.31. The molecule has 0 aliphatic carbocycles. The minimum atomic E-state index is -1.82. The van der Waals surface area contributed by atoms with Gasteiger partial charge >= 0.3 is 11.9 Å². The number of piperidine rings is 1. The summed E-state index contributed by atoms with van der Waals surface area (Å²) in [5.74, 6) is -2.16. The maximum atomic E-state index is 13.4. The number of fused-ring (bicyclic) bond motifs is 1. The van der Waals surface area contributed by atoms with Crippen molar-refractivity contribution in [3.05, 3.63) is 89.9 Å². The molecule has 0 atom stereocenters. The summed E-state index contributed by atoms with van der Waals surface area (Å²) in [6, 6.07) is 16.8. The Labute approximate surface area is 219 Å². The van der Waals surface area contributed by atoms with Crippen LogP contribution in [0.25, 0.3) is 11.2 Å². The second kappa shape index (κ2) is 12.9. The molecule has 1 aliphatic heterocycles. The summed E-state index contributed by atoms with van der Waals surface area (Å²) in [5, 5.41) is 14.8. The smallest absolute Gasteiger partial charge is 0.414 e. The van der Waals surface area contributed by atoms with E-state index in [2.05, 4.69) is 31.6 Å². The van der Waals surface area contributed by atoms with Gasteiger partial charge in [0.2, 0.25) is 0 Å². The summed E-state index contributed by atoms with van der Waals surface area (Å²) in [5.41, 5.74) is 4.05. The summed E-state index contributed by atoms with van der Waals surface area (Å²) < 4.78 is 15.6. The average Bonchev–Trinajstić information content (AvgIpc) is 3.27. The molecule has 1 fully saturated rings. The number of aromatic nitrogens is 4. The van der Waals surface area contributed by atoms with E-state index in [4.69, 9.17) is 24.8 Å². The second-order valence-electron chi connectivity index (χ2n) is 9.26. The van der Waals surface area contributed by atoms with Crippen molar-refractivity contribution in [1.29, 1.82) is 0 Å². The molecule has 4 heterocycles. The highest BCUT2D eigenvalue weighted by atomic mass is 19.1. The summed E-state index contributed by atoms with van der Waals surface area (Å²) in [6.07, 6.45) is 7.99. The molecule has 10 heteroatoms. The summed E-state index contributed by atoms with van der Waals surface area (Å²) >= 11 is 0. The molecule has 198 valence electrons. The van der Waals surface area contributed by atoms with Crippen molar-refractivity contribution in [2.75, 3.05) is 19.6 Å². The van der Waals surface area contributed by atoms with Crippen LogP contribution in [-0.4, -0.2) is 66.2 Å². The Morgan fingerprint density at radius 2 is 1.63 bits per heavy atom. The normalized spacial score (nSPS) is 14.1. The highest BCUT2D eigenvalue weighted by molar-refractivity contribution is 6.27. The van der Waals surface area contributed by atoms with E-state index in [-0.39, 0.29) is 5.82 Å². The first-order valence-corrected chi connectivity index (χ1v) is 12.5. The van der Waals surface area contributed by atoms with Crippen LogP contribution in [0.15, 0.2) is 67.0 Å². The van der Waals surface area contributed by atoms with Crippen molar-refractivity contribution in [3.63, 3.8) is 0 Å². The number of benzene rings is 1. The quantitative estimate of drug-likeness (QED) is 0.355. The van der Waals surface area contributed by atoms with Crippen LogP contribution in [0.4, 0.5) is 4.39 Å². The Morgan fingerprint density at radius 1 is 0.921 bits per heavy atom. The third kappa shape index (κ3) is 7.42. The monoisotopic (exact) mass is 519 g/mol. The maximum Gasteiger partial charge on any atom is 0.414 e. The molecule has 3 aromatic heterocycles. The number of aliphatic carboxylic acids is 2. The largest absolute Gasteiger partial charge is 0.473 e. The van der Waals surface area contributed by atoms with Crippen molar-refractivity contribution in [3.8, 4) is 0 Å². The van der Waals surface area contributed by atoms with Gasteiger partial charge in [0, 0.05) is 37.5 Å². The Hall–Kier alpha value is -4.18. The summed E-state index contributed by atoms with van der Waals surface area (Å²) in [4.78, 5) is 34.7. The molecule has 4 aromatic rings. The van der Waals surface area contributed by atoms with E-state index < -0.39 is 11.9 Å². The summed E-state index contributed by atoms with van der Waals surface area (Å²) in [7, 11) is 0. The zero-order valence-electron chi connectivity index (χ0n) is 20.9. The minimum absolute atomic E-state index is 0.211. The Kier molecular flexibility index (Phi) is 9.10. The first-order valence-electron chi connectivity index (χ1n) is 12.5. The predicted molar refractivity (Wildman–Crippen MR) is 139 cm³/mol. The molecule has 0 radical (unpaired) electrons. The SMILES string of the molecule is Fc1ccc(Cn2c(CC3CCN(CCc4ccccn4)CC3)nc3cccnc32)cc1.O=C(O)C(=O)O. The zero-order chi connectivity index (χ0) is 26.9. The van der Waals surface area contributed by atoms with Crippen LogP contribution >= 0.6 is 0 Å². The van der Waals surface area contributed by atoms with Crippen LogP contribution in [0.1, 0.15) is 29.9 Å². The van der Waals surface area contributed by atoms with Gasteiger partial charge in [-0.2, -0.15) is 0 Å². The van der Waals surface area contributed by atoms with Crippen molar-refractivity contribution in [2.24, 2.45) is 5.92 Å². The first kappa shape index (κ1) is 26.9. The zero-order valence-corrected chi connectivity index (χ0v) is 20.9. The van der Waals surface area contributed by atoms with Crippen molar-refractivity contribution < 1.29 is 24.2 Å². The molecule has 2 N–H and O–H groups in total. The molecular formula is C28H30FN5O4. The van der Waals surface area contributed by atoms with Crippen LogP contribution in [0.2, 0.25) is 0 Å². The molecule has 0 unspecified atom stereocenters. The van der Waals surface area contributed by atoms with Crippen molar-refractivity contribution in [1.82, 2.24) is 24.4 Å². The van der Waals surface area contributed by atoms with Gasteiger partial charge in [-0.3, -0.25) is 4.98 Å². The fourth-order valence-corrected chi connectivity index (χ4v) is 4.59. The Morgan fingerprint density at radius 3 is 2.29 bits per heavy atom. The fourth-order valence-electron chi connectivity index (χ4n) is 4.59. The number of carboxylic acids is 2. The van der Waals surface area contributed by atoms with Gasteiger partial charge in [-0.25, -0.2) is 23.9 Å². The summed E-state index contributed by atoms with van der Waals surface area (Å²) in [6.45, 7) is 3.96. The topological polar surface area (TPSA) is 121 Å². The van der Waals surface area contributed by atoms with Gasteiger partial charge < -0.3 is 19.7 Å². The third-order valence-corrected chi connectivity index (χ3v) is 6.61. The van der Waals surface area contributed by atoms with Gasteiger partial charge in [-0.05, 0) is 73.8 Å². The molecule has 0 spiro atoms. The van der Waals surface area contributed by atoms with E-state index >= 15 is 0 Å². The molecule has 38 heavy (non-hydrogen) atoms. The minimum Gasteiger partial charge on any atom is -0.473 e. The van der Waals surface area contributed by atoms with E-state index in [1.165, 1.54) is 25.0 Å². The number of rotatable bonds is 7. The van der Waals surface area contributed by atoms with E-state index in [0.717, 1.165) is 60.7 Å². The lowest BCUT2D eigenvalue weighted by atomic mass is 9.93. The maximum absolute atomic E-state index is 13.4. The number of pyridine rings is 2. The number of nitrogens with zero attached hydrogens (tertiary/aromatic N) is 5. The Balaban J connectivity index is 0.000000505. The number of hydrogen-bond donors (Lipinski definition) is 2. The fraction of sp³-hybridized carbons (Fsp3) is 0.321. The first-order chi connectivity index (χ1) is 18.4. The van der Waals surface area contributed by atoms with E-state index in [9.17, 15) is 4.39 Å². The molecule has 1 saturated heterocycles. The van der Waals surface area contributed by atoms with Gasteiger partial charge in [-0.15, -0.1) is 0 Å². The highest BCUT2D eigenvalue weighted by Gasteiger charge is 2.22. The molecule has 5 rings (SSSR count). The number of likely N-dealkylation sites (tertiary alicyclic amines) is 1. The number of carbonyl (C=O) groups is 2. The molecule has 1 aliphatic rings. The van der Waals surface area contributed by atoms with Gasteiger partial charge in [0.15, 0.2) is 5.65 Å². The van der Waals surface area contributed by atoms with Crippen LogP contribution in [0.3, 0.4) is 0 Å². The van der Waals surface area contributed by atoms with Crippen molar-refractivity contribution >= 4 is 23.1 Å². The number of halogens is 1. The van der Waals surface area contributed by atoms with Gasteiger partial charge in [0.25, 0.3) is 0 Å².